The normalized spacial score (nSPS) is 9.58. The SMILES string of the molecule is O=C(Cl)Nc1ccc(Br)cc1Cl. The second-order valence-electron chi connectivity index (χ2n) is 2.02. The van der Waals surface area contributed by atoms with Crippen LogP contribution in [-0.2, 0) is 0 Å². The lowest BCUT2D eigenvalue weighted by Crippen LogP contribution is -2.01. The summed E-state index contributed by atoms with van der Waals surface area (Å²) < 4.78 is 0.847. The maximum absolute atomic E-state index is 10.4. The fourth-order valence-electron chi connectivity index (χ4n) is 0.697. The number of nitrogens with one attached hydrogen (secondary N) is 1. The van der Waals surface area contributed by atoms with Crippen LogP contribution in [0.2, 0.25) is 5.02 Å². The summed E-state index contributed by atoms with van der Waals surface area (Å²) in [5.74, 6) is 0. The van der Waals surface area contributed by atoms with Gasteiger partial charge in [-0.1, -0.05) is 27.5 Å². The molecule has 0 aromatic heterocycles. The zero-order valence-electron chi connectivity index (χ0n) is 5.77. The van der Waals surface area contributed by atoms with E-state index in [-0.39, 0.29) is 0 Å². The number of halogens is 3. The molecule has 0 bridgehead atoms. The third-order valence-electron chi connectivity index (χ3n) is 1.16. The van der Waals surface area contributed by atoms with Gasteiger partial charge in [0.1, 0.15) is 0 Å². The fraction of sp³-hybridized carbons (Fsp3) is 0. The smallest absolute Gasteiger partial charge is 0.311 e. The maximum Gasteiger partial charge on any atom is 0.318 e. The molecule has 0 aliphatic rings. The third kappa shape index (κ3) is 2.66. The highest BCUT2D eigenvalue weighted by Gasteiger charge is 2.02. The topological polar surface area (TPSA) is 29.1 Å². The van der Waals surface area contributed by atoms with Crippen LogP contribution in [0.4, 0.5) is 10.5 Å². The summed E-state index contributed by atoms with van der Waals surface area (Å²) in [6.45, 7) is 0. The summed E-state index contributed by atoms with van der Waals surface area (Å²) >= 11 is 14.1. The molecule has 0 fully saturated rings. The van der Waals surface area contributed by atoms with E-state index in [4.69, 9.17) is 23.2 Å². The van der Waals surface area contributed by atoms with Crippen molar-refractivity contribution in [2.24, 2.45) is 0 Å². The summed E-state index contributed by atoms with van der Waals surface area (Å²) in [5, 5.41) is 2.16. The molecule has 0 aliphatic heterocycles. The van der Waals surface area contributed by atoms with Gasteiger partial charge in [0.25, 0.3) is 0 Å². The van der Waals surface area contributed by atoms with Crippen LogP contribution in [0.5, 0.6) is 0 Å². The highest BCUT2D eigenvalue weighted by Crippen LogP contribution is 2.25. The number of hydrogen-bond acceptors (Lipinski definition) is 1. The highest BCUT2D eigenvalue weighted by molar-refractivity contribution is 9.10. The van der Waals surface area contributed by atoms with Crippen LogP contribution in [0.3, 0.4) is 0 Å². The van der Waals surface area contributed by atoms with Gasteiger partial charge in [-0.2, -0.15) is 0 Å². The van der Waals surface area contributed by atoms with E-state index in [1.54, 1.807) is 18.2 Å². The number of benzene rings is 1. The van der Waals surface area contributed by atoms with E-state index < -0.39 is 5.37 Å². The Morgan fingerprint density at radius 1 is 1.50 bits per heavy atom. The molecule has 0 heterocycles. The molecule has 0 aliphatic carbocycles. The maximum atomic E-state index is 10.4. The second kappa shape index (κ2) is 4.12. The zero-order valence-corrected chi connectivity index (χ0v) is 8.87. The zero-order chi connectivity index (χ0) is 9.14. The van der Waals surface area contributed by atoms with E-state index >= 15 is 0 Å². The summed E-state index contributed by atoms with van der Waals surface area (Å²) in [6, 6.07) is 5.09. The van der Waals surface area contributed by atoms with E-state index in [9.17, 15) is 4.79 Å². The summed E-state index contributed by atoms with van der Waals surface area (Å²) in [6.07, 6.45) is 0. The molecular weight excluding hydrogens is 265 g/mol. The van der Waals surface area contributed by atoms with Gasteiger partial charge in [-0.15, -0.1) is 0 Å². The molecule has 0 saturated heterocycles. The molecule has 12 heavy (non-hydrogen) atoms. The molecule has 1 aromatic carbocycles. The van der Waals surface area contributed by atoms with Gasteiger partial charge >= 0.3 is 5.37 Å². The molecule has 64 valence electrons. The average molecular weight is 269 g/mol. The van der Waals surface area contributed by atoms with Crippen molar-refractivity contribution >= 4 is 50.2 Å². The third-order valence-corrected chi connectivity index (χ3v) is 2.06. The predicted molar refractivity (Wildman–Crippen MR) is 54.0 cm³/mol. The minimum absolute atomic E-state index is 0.443. The van der Waals surface area contributed by atoms with Gasteiger partial charge in [-0.3, -0.25) is 4.79 Å². The van der Waals surface area contributed by atoms with E-state index in [2.05, 4.69) is 21.2 Å². The molecule has 0 spiro atoms. The van der Waals surface area contributed by atoms with Crippen LogP contribution < -0.4 is 5.32 Å². The summed E-state index contributed by atoms with van der Waals surface area (Å²) in [4.78, 5) is 10.4. The first-order valence-electron chi connectivity index (χ1n) is 3.01. The summed E-state index contributed by atoms with van der Waals surface area (Å²) in [5.41, 5.74) is 0.500. The average Bonchev–Trinajstić information content (AvgIpc) is 1.94. The minimum atomic E-state index is -0.653. The van der Waals surface area contributed by atoms with Crippen molar-refractivity contribution < 1.29 is 4.79 Å². The highest BCUT2D eigenvalue weighted by atomic mass is 79.9. The predicted octanol–water partition coefficient (Wildman–Crippen LogP) is 3.87. The molecule has 1 rings (SSSR count). The Kier molecular flexibility index (Phi) is 3.38. The number of carbonyl (C=O) groups is 1. The van der Waals surface area contributed by atoms with Crippen LogP contribution in [0.1, 0.15) is 0 Å². The molecule has 2 nitrogen and oxygen atoms in total. The lowest BCUT2D eigenvalue weighted by molar-refractivity contribution is 0.269. The Hall–Kier alpha value is -0.250. The first-order chi connectivity index (χ1) is 5.59. The second-order valence-corrected chi connectivity index (χ2v) is 3.69. The molecule has 1 aromatic rings. The van der Waals surface area contributed by atoms with Gasteiger partial charge in [0, 0.05) is 4.47 Å². The first-order valence-corrected chi connectivity index (χ1v) is 4.56. The van der Waals surface area contributed by atoms with Gasteiger partial charge in [0.15, 0.2) is 0 Å². The van der Waals surface area contributed by atoms with Crippen molar-refractivity contribution in [2.75, 3.05) is 5.32 Å². The fourth-order valence-corrected chi connectivity index (χ4v) is 1.52. The van der Waals surface area contributed by atoms with E-state index in [1.165, 1.54) is 0 Å². The number of rotatable bonds is 1. The van der Waals surface area contributed by atoms with Gasteiger partial charge in [0.2, 0.25) is 0 Å². The van der Waals surface area contributed by atoms with E-state index in [0.29, 0.717) is 10.7 Å². The van der Waals surface area contributed by atoms with Crippen molar-refractivity contribution in [3.63, 3.8) is 0 Å². The van der Waals surface area contributed by atoms with Crippen molar-refractivity contribution in [1.29, 1.82) is 0 Å². The van der Waals surface area contributed by atoms with Crippen LogP contribution in [0, 0.1) is 0 Å². The van der Waals surface area contributed by atoms with Crippen molar-refractivity contribution in [3.8, 4) is 0 Å². The van der Waals surface area contributed by atoms with Gasteiger partial charge in [-0.05, 0) is 29.8 Å². The number of carbonyl (C=O) groups excluding carboxylic acids is 1. The van der Waals surface area contributed by atoms with Crippen LogP contribution >= 0.6 is 39.1 Å². The quantitative estimate of drug-likeness (QED) is 0.608. The van der Waals surface area contributed by atoms with Crippen molar-refractivity contribution in [1.82, 2.24) is 0 Å². The lowest BCUT2D eigenvalue weighted by Gasteiger charge is -2.02. The number of anilines is 1. The molecule has 0 atom stereocenters. The van der Waals surface area contributed by atoms with Crippen molar-refractivity contribution in [2.45, 2.75) is 0 Å². The lowest BCUT2D eigenvalue weighted by atomic mass is 10.3. The minimum Gasteiger partial charge on any atom is -0.311 e. The Balaban J connectivity index is 2.93. The van der Waals surface area contributed by atoms with Gasteiger partial charge in [-0.25, -0.2) is 0 Å². The summed E-state index contributed by atoms with van der Waals surface area (Å²) in [7, 11) is 0. The molecule has 1 N–H and O–H groups in total. The van der Waals surface area contributed by atoms with E-state index in [1.807, 2.05) is 0 Å². The van der Waals surface area contributed by atoms with Crippen LogP contribution in [0.25, 0.3) is 0 Å². The van der Waals surface area contributed by atoms with Gasteiger partial charge < -0.3 is 5.32 Å². The molecule has 0 unspecified atom stereocenters. The largest absolute Gasteiger partial charge is 0.318 e. The first kappa shape index (κ1) is 9.84. The van der Waals surface area contributed by atoms with Crippen molar-refractivity contribution in [3.05, 3.63) is 27.7 Å². The van der Waals surface area contributed by atoms with Gasteiger partial charge in [0.05, 0.1) is 10.7 Å². The Bertz CT molecular complexity index is 316. The van der Waals surface area contributed by atoms with Crippen LogP contribution in [-0.4, -0.2) is 5.37 Å². The van der Waals surface area contributed by atoms with E-state index in [0.717, 1.165) is 4.47 Å². The Morgan fingerprint density at radius 3 is 2.67 bits per heavy atom. The molecule has 1 amide bonds. The van der Waals surface area contributed by atoms with Crippen LogP contribution in [0.15, 0.2) is 22.7 Å². The standard InChI is InChI=1S/C7H4BrCl2NO/c8-4-1-2-6(5(9)3-4)11-7(10)12/h1-3H,(H,11,12). The molecule has 5 heteroatoms. The Labute approximate surface area is 88.0 Å². The number of amides is 1. The molecule has 0 saturated carbocycles. The molecular formula is C7H4BrCl2NO. The monoisotopic (exact) mass is 267 g/mol. The molecule has 0 radical (unpaired) electrons. The Morgan fingerprint density at radius 2 is 2.17 bits per heavy atom. The number of hydrogen-bond donors (Lipinski definition) is 1.